The Morgan fingerprint density at radius 2 is 1.34 bits per heavy atom. The highest BCUT2D eigenvalue weighted by Gasteiger charge is 2.49. The highest BCUT2D eigenvalue weighted by molar-refractivity contribution is 5.91. The summed E-state index contributed by atoms with van der Waals surface area (Å²) in [5, 5.41) is 79.0. The summed E-state index contributed by atoms with van der Waals surface area (Å²) in [5.74, 6) is -8.08. The van der Waals surface area contributed by atoms with E-state index in [2.05, 4.69) is 0 Å². The van der Waals surface area contributed by atoms with Crippen LogP contribution in [0.25, 0.3) is 0 Å². The molecule has 16 heteroatoms. The molecule has 0 saturated carbocycles. The Labute approximate surface area is 228 Å². The van der Waals surface area contributed by atoms with Crippen LogP contribution in [-0.2, 0) is 14.2 Å². The number of hydrogen-bond acceptors (Lipinski definition) is 16. The summed E-state index contributed by atoms with van der Waals surface area (Å²) in [5.41, 5.74) is -1.60. The summed E-state index contributed by atoms with van der Waals surface area (Å²) in [6.07, 6.45) is -7.27. The maximum Gasteiger partial charge on any atom is 0.339 e. The van der Waals surface area contributed by atoms with Crippen molar-refractivity contribution in [2.45, 2.75) is 30.7 Å². The minimum atomic E-state index is -2.00. The summed E-state index contributed by atoms with van der Waals surface area (Å²) >= 11 is 0. The molecule has 0 bridgehead atoms. The van der Waals surface area contributed by atoms with Gasteiger partial charge in [-0.1, -0.05) is 0 Å². The summed E-state index contributed by atoms with van der Waals surface area (Å²) in [6.45, 7) is -0.775. The van der Waals surface area contributed by atoms with Crippen LogP contribution < -0.4 is 10.2 Å². The molecule has 0 amide bonds. The van der Waals surface area contributed by atoms with Gasteiger partial charge in [0.2, 0.25) is 17.5 Å². The quantitative estimate of drug-likeness (QED) is 0.133. The predicted octanol–water partition coefficient (Wildman–Crippen LogP) is -0.219. The van der Waals surface area contributed by atoms with Crippen molar-refractivity contribution in [3.05, 3.63) is 64.2 Å². The molecular formula is C25H22O16. The molecule has 218 valence electrons. The molecule has 1 fully saturated rings. The monoisotopic (exact) mass is 578 g/mol. The number of phenolic OH excluding ortho intramolecular Hbond substituents is 6. The third kappa shape index (κ3) is 6.03. The van der Waals surface area contributed by atoms with Crippen molar-refractivity contribution in [2.75, 3.05) is 6.61 Å². The molecule has 1 aliphatic rings. The Hall–Kier alpha value is -5.19. The molecule has 2 heterocycles. The molecule has 0 unspecified atom stereocenters. The fraction of sp³-hybridized carbons (Fsp3) is 0.240. The van der Waals surface area contributed by atoms with Gasteiger partial charge in [-0.2, -0.15) is 0 Å². The average Bonchev–Trinajstić information content (AvgIpc) is 2.93. The molecule has 2 aromatic carbocycles. The lowest BCUT2D eigenvalue weighted by atomic mass is 9.99. The number of benzene rings is 2. The van der Waals surface area contributed by atoms with Gasteiger partial charge in [-0.15, -0.1) is 0 Å². The van der Waals surface area contributed by atoms with Gasteiger partial charge in [0.05, 0.1) is 17.4 Å². The molecule has 0 radical (unpaired) electrons. The maximum absolute atomic E-state index is 12.7. The number of esters is 2. The van der Waals surface area contributed by atoms with Gasteiger partial charge >= 0.3 is 11.9 Å². The second-order valence-electron chi connectivity index (χ2n) is 8.62. The third-order valence-corrected chi connectivity index (χ3v) is 5.84. The third-order valence-electron chi connectivity index (χ3n) is 5.84. The van der Waals surface area contributed by atoms with Crippen molar-refractivity contribution in [1.29, 1.82) is 0 Å². The molecule has 1 aromatic heterocycles. The van der Waals surface area contributed by atoms with Crippen LogP contribution in [0, 0.1) is 0 Å². The van der Waals surface area contributed by atoms with E-state index in [4.69, 9.17) is 23.4 Å². The normalized spacial score (nSPS) is 22.0. The van der Waals surface area contributed by atoms with E-state index in [0.29, 0.717) is 0 Å². The lowest BCUT2D eigenvalue weighted by molar-refractivity contribution is -0.276. The van der Waals surface area contributed by atoms with Gasteiger partial charge in [0.25, 0.3) is 0 Å². The van der Waals surface area contributed by atoms with Crippen LogP contribution in [0.4, 0.5) is 0 Å². The first-order valence-corrected chi connectivity index (χ1v) is 11.5. The lowest BCUT2D eigenvalue weighted by Gasteiger charge is -2.41. The number of phenols is 6. The van der Waals surface area contributed by atoms with E-state index in [1.54, 1.807) is 0 Å². The first-order valence-electron chi connectivity index (χ1n) is 11.5. The smallest absolute Gasteiger partial charge is 0.339 e. The molecular weight excluding hydrogens is 556 g/mol. The van der Waals surface area contributed by atoms with Crippen molar-refractivity contribution in [2.24, 2.45) is 0 Å². The fourth-order valence-electron chi connectivity index (χ4n) is 3.69. The van der Waals surface area contributed by atoms with Crippen molar-refractivity contribution in [1.82, 2.24) is 0 Å². The standard InChI is InChI=1S/C25H22O16/c26-11-1-2-37-7-16(11)39-25-22(41-24(36)10-5-14(29)19(32)15(30)6-10)21(34)20(33)17(40-25)8-38-23(35)9-3-12(27)18(31)13(28)4-9/h1-7,17,20-22,25,27-34H,8H2/t17-,20-,21+,22-,25-/m1/s1. The Kier molecular flexibility index (Phi) is 8.08. The molecule has 8 N–H and O–H groups in total. The molecule has 4 rings (SSSR count). The molecule has 16 nitrogen and oxygen atoms in total. The van der Waals surface area contributed by atoms with Crippen LogP contribution >= 0.6 is 0 Å². The molecule has 1 aliphatic heterocycles. The molecule has 1 saturated heterocycles. The van der Waals surface area contributed by atoms with Gasteiger partial charge < -0.3 is 64.2 Å². The number of aliphatic hydroxyl groups excluding tert-OH is 2. The first kappa shape index (κ1) is 28.8. The first-order chi connectivity index (χ1) is 19.4. The zero-order valence-corrected chi connectivity index (χ0v) is 20.5. The van der Waals surface area contributed by atoms with Gasteiger partial charge in [-0.05, 0) is 24.3 Å². The zero-order valence-electron chi connectivity index (χ0n) is 20.5. The number of carbonyl (C=O) groups excluding carboxylic acids is 2. The van der Waals surface area contributed by atoms with E-state index in [1.807, 2.05) is 0 Å². The van der Waals surface area contributed by atoms with Gasteiger partial charge in [0.15, 0.2) is 40.6 Å². The van der Waals surface area contributed by atoms with E-state index in [-0.39, 0.29) is 0 Å². The second kappa shape index (κ2) is 11.5. The Morgan fingerprint density at radius 3 is 1.88 bits per heavy atom. The summed E-state index contributed by atoms with van der Waals surface area (Å²) in [6, 6.07) is 4.05. The summed E-state index contributed by atoms with van der Waals surface area (Å²) in [4.78, 5) is 37.3. The van der Waals surface area contributed by atoms with E-state index in [1.165, 1.54) is 0 Å². The molecule has 0 aliphatic carbocycles. The number of carbonyl (C=O) groups is 2. The SMILES string of the molecule is O=C(OC[C@H]1O[C@@H](Oc2coccc2=O)[C@H](OC(=O)c2cc(O)c(O)c(O)c2)[C@@H](O)[C@@H]1O)c1cc(O)c(O)c(O)c1. The maximum atomic E-state index is 12.7. The van der Waals surface area contributed by atoms with E-state index < -0.39 is 106 Å². The lowest BCUT2D eigenvalue weighted by Crippen LogP contribution is -2.61. The number of aromatic hydroxyl groups is 6. The second-order valence-corrected chi connectivity index (χ2v) is 8.62. The van der Waals surface area contributed by atoms with E-state index in [0.717, 1.165) is 42.9 Å². The molecule has 41 heavy (non-hydrogen) atoms. The van der Waals surface area contributed by atoms with Gasteiger partial charge in [-0.25, -0.2) is 9.59 Å². The van der Waals surface area contributed by atoms with Crippen LogP contribution in [0.3, 0.4) is 0 Å². The summed E-state index contributed by atoms with van der Waals surface area (Å²) < 4.78 is 26.1. The van der Waals surface area contributed by atoms with Gasteiger partial charge in [0, 0.05) is 6.07 Å². The largest absolute Gasteiger partial charge is 0.504 e. The molecule has 5 atom stereocenters. The van der Waals surface area contributed by atoms with Crippen molar-refractivity contribution >= 4 is 11.9 Å². The number of ether oxygens (including phenoxy) is 4. The number of hydrogen-bond donors (Lipinski definition) is 8. The molecule has 0 spiro atoms. The van der Waals surface area contributed by atoms with Crippen molar-refractivity contribution in [3.8, 4) is 40.2 Å². The minimum absolute atomic E-state index is 0.398. The summed E-state index contributed by atoms with van der Waals surface area (Å²) in [7, 11) is 0. The van der Waals surface area contributed by atoms with E-state index >= 15 is 0 Å². The van der Waals surface area contributed by atoms with Gasteiger partial charge in [0.1, 0.15) is 31.2 Å². The number of rotatable bonds is 7. The Balaban J connectivity index is 1.56. The van der Waals surface area contributed by atoms with Crippen LogP contribution in [0.2, 0.25) is 0 Å². The average molecular weight is 578 g/mol. The fourth-order valence-corrected chi connectivity index (χ4v) is 3.69. The van der Waals surface area contributed by atoms with Crippen LogP contribution in [-0.4, -0.2) is 90.1 Å². The molecule has 3 aromatic rings. The highest BCUT2D eigenvalue weighted by Crippen LogP contribution is 2.37. The van der Waals surface area contributed by atoms with Crippen molar-refractivity contribution in [3.63, 3.8) is 0 Å². The van der Waals surface area contributed by atoms with Gasteiger partial charge in [-0.3, -0.25) is 4.79 Å². The highest BCUT2D eigenvalue weighted by atomic mass is 16.7. The topological polar surface area (TPSA) is 263 Å². The Morgan fingerprint density at radius 1 is 0.805 bits per heavy atom. The van der Waals surface area contributed by atoms with Crippen LogP contribution in [0.5, 0.6) is 40.2 Å². The van der Waals surface area contributed by atoms with Crippen LogP contribution in [0.15, 0.2) is 52.1 Å². The Bertz CT molecular complexity index is 1470. The van der Waals surface area contributed by atoms with Crippen LogP contribution in [0.1, 0.15) is 20.7 Å². The predicted molar refractivity (Wildman–Crippen MR) is 129 cm³/mol. The number of aliphatic hydroxyl groups is 2. The van der Waals surface area contributed by atoms with Crippen molar-refractivity contribution < 1.29 is 73.8 Å². The van der Waals surface area contributed by atoms with E-state index in [9.17, 15) is 55.2 Å². The minimum Gasteiger partial charge on any atom is -0.504 e. The zero-order chi connectivity index (χ0) is 30.0.